The predicted molar refractivity (Wildman–Crippen MR) is 74.8 cm³/mol. The number of rotatable bonds is 2. The average molecular weight is 246 g/mol. The van der Waals surface area contributed by atoms with E-state index < -0.39 is 0 Å². The van der Waals surface area contributed by atoms with Gasteiger partial charge in [0.1, 0.15) is 0 Å². The first-order valence-corrected chi connectivity index (χ1v) is 7.16. The Kier molecular flexibility index (Phi) is 2.79. The summed E-state index contributed by atoms with van der Waals surface area (Å²) in [6.45, 7) is 4.45. The predicted octanol–water partition coefficient (Wildman–Crippen LogP) is 4.21. The standard InChI is InChI=1S/C14H18N2S/c1-9-3-5-11(7-9)15-14-16-12-8-10(2)4-6-13(12)17-14/h4,6,8-9,11H,3,5,7H2,1-2H3,(H,15,16). The molecule has 0 spiro atoms. The molecule has 1 aromatic carbocycles. The van der Waals surface area contributed by atoms with Crippen LogP contribution in [-0.2, 0) is 0 Å². The number of hydrogen-bond acceptors (Lipinski definition) is 3. The van der Waals surface area contributed by atoms with Gasteiger partial charge in [-0.2, -0.15) is 0 Å². The van der Waals surface area contributed by atoms with Gasteiger partial charge in [-0.15, -0.1) is 0 Å². The van der Waals surface area contributed by atoms with Crippen LogP contribution in [0.3, 0.4) is 0 Å². The molecular formula is C14H18N2S. The lowest BCUT2D eigenvalue weighted by atomic mass is 10.1. The van der Waals surface area contributed by atoms with Crippen LogP contribution >= 0.6 is 11.3 Å². The number of thiazole rings is 1. The Morgan fingerprint density at radius 2 is 2.24 bits per heavy atom. The molecule has 2 nitrogen and oxygen atoms in total. The van der Waals surface area contributed by atoms with Crippen LogP contribution in [0.4, 0.5) is 5.13 Å². The molecule has 1 fully saturated rings. The Balaban J connectivity index is 1.81. The number of anilines is 1. The summed E-state index contributed by atoms with van der Waals surface area (Å²) in [6, 6.07) is 7.12. The quantitative estimate of drug-likeness (QED) is 0.858. The molecule has 0 aliphatic heterocycles. The van der Waals surface area contributed by atoms with Crippen LogP contribution in [0.25, 0.3) is 10.2 Å². The van der Waals surface area contributed by atoms with Crippen LogP contribution in [0.2, 0.25) is 0 Å². The first-order chi connectivity index (χ1) is 8.20. The summed E-state index contributed by atoms with van der Waals surface area (Å²) < 4.78 is 1.28. The molecule has 1 N–H and O–H groups in total. The van der Waals surface area contributed by atoms with Crippen molar-refractivity contribution in [2.45, 2.75) is 39.2 Å². The molecule has 0 amide bonds. The van der Waals surface area contributed by atoms with Gasteiger partial charge in [-0.25, -0.2) is 4.98 Å². The highest BCUT2D eigenvalue weighted by molar-refractivity contribution is 7.22. The van der Waals surface area contributed by atoms with Crippen molar-refractivity contribution in [1.82, 2.24) is 4.98 Å². The van der Waals surface area contributed by atoms with Crippen LogP contribution in [0.5, 0.6) is 0 Å². The summed E-state index contributed by atoms with van der Waals surface area (Å²) in [5, 5.41) is 4.68. The van der Waals surface area contributed by atoms with Gasteiger partial charge in [-0.1, -0.05) is 24.3 Å². The summed E-state index contributed by atoms with van der Waals surface area (Å²) in [7, 11) is 0. The van der Waals surface area contributed by atoms with Gasteiger partial charge in [0, 0.05) is 6.04 Å². The maximum absolute atomic E-state index is 4.67. The summed E-state index contributed by atoms with van der Waals surface area (Å²) >= 11 is 1.77. The Morgan fingerprint density at radius 3 is 3.00 bits per heavy atom. The van der Waals surface area contributed by atoms with Gasteiger partial charge in [-0.3, -0.25) is 0 Å². The molecule has 1 heterocycles. The Labute approximate surface area is 106 Å². The van der Waals surface area contributed by atoms with Crippen molar-refractivity contribution < 1.29 is 0 Å². The zero-order chi connectivity index (χ0) is 11.8. The smallest absolute Gasteiger partial charge is 0.184 e. The molecule has 0 bridgehead atoms. The van der Waals surface area contributed by atoms with Crippen LogP contribution in [0.1, 0.15) is 31.7 Å². The molecule has 3 rings (SSSR count). The largest absolute Gasteiger partial charge is 0.359 e. The monoisotopic (exact) mass is 246 g/mol. The van der Waals surface area contributed by atoms with Gasteiger partial charge in [-0.05, 0) is 49.8 Å². The van der Waals surface area contributed by atoms with E-state index in [0.29, 0.717) is 6.04 Å². The topological polar surface area (TPSA) is 24.9 Å². The Morgan fingerprint density at radius 1 is 1.35 bits per heavy atom. The third-order valence-electron chi connectivity index (χ3n) is 3.57. The van der Waals surface area contributed by atoms with Crippen LogP contribution in [0.15, 0.2) is 18.2 Å². The zero-order valence-corrected chi connectivity index (χ0v) is 11.2. The van der Waals surface area contributed by atoms with Crippen molar-refractivity contribution >= 4 is 26.7 Å². The molecule has 1 aliphatic carbocycles. The summed E-state index contributed by atoms with van der Waals surface area (Å²) in [6.07, 6.45) is 3.92. The first kappa shape index (κ1) is 11.0. The fourth-order valence-electron chi connectivity index (χ4n) is 2.61. The molecule has 90 valence electrons. The van der Waals surface area contributed by atoms with Crippen molar-refractivity contribution in [1.29, 1.82) is 0 Å². The summed E-state index contributed by atoms with van der Waals surface area (Å²) in [4.78, 5) is 4.67. The zero-order valence-electron chi connectivity index (χ0n) is 10.4. The van der Waals surface area contributed by atoms with Crippen LogP contribution in [0, 0.1) is 12.8 Å². The minimum absolute atomic E-state index is 0.631. The molecular weight excluding hydrogens is 228 g/mol. The van der Waals surface area contributed by atoms with E-state index in [4.69, 9.17) is 0 Å². The molecule has 3 heteroatoms. The molecule has 1 aliphatic rings. The third-order valence-corrected chi connectivity index (χ3v) is 4.53. The fraction of sp³-hybridized carbons (Fsp3) is 0.500. The molecule has 0 saturated heterocycles. The van der Waals surface area contributed by atoms with Gasteiger partial charge in [0.05, 0.1) is 10.2 Å². The highest BCUT2D eigenvalue weighted by Gasteiger charge is 2.21. The molecule has 0 radical (unpaired) electrons. The number of benzene rings is 1. The lowest BCUT2D eigenvalue weighted by Crippen LogP contribution is -2.14. The Hall–Kier alpha value is -1.09. The van der Waals surface area contributed by atoms with Crippen LogP contribution in [-0.4, -0.2) is 11.0 Å². The van der Waals surface area contributed by atoms with E-state index in [1.165, 1.54) is 29.5 Å². The number of hydrogen-bond donors (Lipinski definition) is 1. The van der Waals surface area contributed by atoms with E-state index in [1.807, 2.05) is 0 Å². The Bertz CT molecular complexity index is 532. The average Bonchev–Trinajstić information content (AvgIpc) is 2.84. The highest BCUT2D eigenvalue weighted by Crippen LogP contribution is 2.31. The second-order valence-electron chi connectivity index (χ2n) is 5.25. The number of aryl methyl sites for hydroxylation is 1. The van der Waals surface area contributed by atoms with Crippen molar-refractivity contribution in [3.8, 4) is 0 Å². The lowest BCUT2D eigenvalue weighted by Gasteiger charge is -2.10. The molecule has 17 heavy (non-hydrogen) atoms. The second kappa shape index (κ2) is 4.30. The van der Waals surface area contributed by atoms with Crippen molar-refractivity contribution in [2.75, 3.05) is 5.32 Å². The fourth-order valence-corrected chi connectivity index (χ4v) is 3.54. The normalized spacial score (nSPS) is 24.4. The molecule has 1 saturated carbocycles. The van der Waals surface area contributed by atoms with Crippen molar-refractivity contribution in [2.24, 2.45) is 5.92 Å². The minimum atomic E-state index is 0.631. The summed E-state index contributed by atoms with van der Waals surface area (Å²) in [5.74, 6) is 0.865. The van der Waals surface area contributed by atoms with Gasteiger partial charge in [0.25, 0.3) is 0 Å². The van der Waals surface area contributed by atoms with Gasteiger partial charge < -0.3 is 5.32 Å². The maximum Gasteiger partial charge on any atom is 0.184 e. The van der Waals surface area contributed by atoms with E-state index in [2.05, 4.69) is 42.3 Å². The SMILES string of the molecule is Cc1ccc2sc(NC3CCC(C)C3)nc2c1. The van der Waals surface area contributed by atoms with Crippen molar-refractivity contribution in [3.05, 3.63) is 23.8 Å². The third kappa shape index (κ3) is 2.29. The first-order valence-electron chi connectivity index (χ1n) is 6.34. The van der Waals surface area contributed by atoms with Gasteiger partial charge in [0.15, 0.2) is 5.13 Å². The van der Waals surface area contributed by atoms with E-state index in [1.54, 1.807) is 11.3 Å². The van der Waals surface area contributed by atoms with Crippen molar-refractivity contribution in [3.63, 3.8) is 0 Å². The number of nitrogens with zero attached hydrogens (tertiary/aromatic N) is 1. The maximum atomic E-state index is 4.67. The molecule has 2 aromatic rings. The second-order valence-corrected chi connectivity index (χ2v) is 6.28. The molecule has 2 unspecified atom stereocenters. The number of aromatic nitrogens is 1. The van der Waals surface area contributed by atoms with E-state index >= 15 is 0 Å². The number of fused-ring (bicyclic) bond motifs is 1. The molecule has 2 atom stereocenters. The van der Waals surface area contributed by atoms with E-state index in [0.717, 1.165) is 16.6 Å². The van der Waals surface area contributed by atoms with Crippen LogP contribution < -0.4 is 5.32 Å². The number of nitrogens with one attached hydrogen (secondary N) is 1. The summed E-state index contributed by atoms with van der Waals surface area (Å²) in [5.41, 5.74) is 2.41. The van der Waals surface area contributed by atoms with Gasteiger partial charge >= 0.3 is 0 Å². The van der Waals surface area contributed by atoms with E-state index in [-0.39, 0.29) is 0 Å². The molecule has 1 aromatic heterocycles. The lowest BCUT2D eigenvalue weighted by molar-refractivity contribution is 0.602. The van der Waals surface area contributed by atoms with E-state index in [9.17, 15) is 0 Å². The highest BCUT2D eigenvalue weighted by atomic mass is 32.1. The van der Waals surface area contributed by atoms with Gasteiger partial charge in [0.2, 0.25) is 0 Å². The minimum Gasteiger partial charge on any atom is -0.359 e.